The van der Waals surface area contributed by atoms with Gasteiger partial charge < -0.3 is 0 Å². The predicted molar refractivity (Wildman–Crippen MR) is 97.8 cm³/mol. The summed E-state index contributed by atoms with van der Waals surface area (Å²) >= 11 is 0. The normalized spacial score (nSPS) is 26.0. The quantitative estimate of drug-likeness (QED) is 0.662. The Morgan fingerprint density at radius 2 is 1.96 bits per heavy atom. The molecule has 0 aliphatic heterocycles. The van der Waals surface area contributed by atoms with Crippen LogP contribution in [0.3, 0.4) is 0 Å². The third-order valence-corrected chi connectivity index (χ3v) is 5.86. The Balaban J connectivity index is 1.42. The van der Waals surface area contributed by atoms with Gasteiger partial charge >= 0.3 is 0 Å². The van der Waals surface area contributed by atoms with Crippen molar-refractivity contribution in [3.8, 4) is 0 Å². The number of hydrogen-bond acceptors (Lipinski definition) is 2. The molecular weight excluding hydrogens is 296 g/mol. The third kappa shape index (κ3) is 2.95. The van der Waals surface area contributed by atoms with E-state index in [0.29, 0.717) is 12.3 Å². The Bertz CT molecular complexity index is 790. The summed E-state index contributed by atoms with van der Waals surface area (Å²) in [5.41, 5.74) is 4.94. The van der Waals surface area contributed by atoms with Crippen LogP contribution in [-0.2, 0) is 11.2 Å². The number of amides is 1. The zero-order valence-corrected chi connectivity index (χ0v) is 14.2. The molecule has 3 heteroatoms. The molecule has 3 nitrogen and oxygen atoms in total. The molecule has 124 valence electrons. The first-order chi connectivity index (χ1) is 11.7. The van der Waals surface area contributed by atoms with E-state index in [2.05, 4.69) is 35.7 Å². The van der Waals surface area contributed by atoms with Crippen LogP contribution in [-0.4, -0.2) is 11.6 Å². The van der Waals surface area contributed by atoms with Crippen LogP contribution in [0.15, 0.2) is 47.6 Å². The average Bonchev–Trinajstić information content (AvgIpc) is 3.23. The van der Waals surface area contributed by atoms with Crippen LogP contribution >= 0.6 is 0 Å². The maximum absolute atomic E-state index is 12.3. The van der Waals surface area contributed by atoms with Crippen LogP contribution in [0.4, 0.5) is 0 Å². The second kappa shape index (κ2) is 6.39. The van der Waals surface area contributed by atoms with Gasteiger partial charge in [0.15, 0.2) is 0 Å². The molecule has 1 N–H and O–H groups in total. The molecule has 0 aromatic heterocycles. The number of fused-ring (bicyclic) bond motifs is 3. The number of hydrazone groups is 1. The number of hydrogen-bond donors (Lipinski definition) is 1. The number of rotatable bonds is 4. The molecule has 3 atom stereocenters. The lowest BCUT2D eigenvalue weighted by molar-refractivity contribution is -0.120. The lowest BCUT2D eigenvalue weighted by Gasteiger charge is -2.21. The van der Waals surface area contributed by atoms with E-state index in [1.165, 1.54) is 31.1 Å². The van der Waals surface area contributed by atoms with Gasteiger partial charge in [-0.05, 0) is 54.4 Å². The molecule has 0 unspecified atom stereocenters. The Morgan fingerprint density at radius 3 is 2.75 bits per heavy atom. The number of nitrogens with one attached hydrogen (secondary N) is 1. The number of carbonyl (C=O) groups is 1. The summed E-state index contributed by atoms with van der Waals surface area (Å²) < 4.78 is 0. The number of nitrogens with zero attached hydrogens (tertiary/aromatic N) is 1. The van der Waals surface area contributed by atoms with E-state index >= 15 is 0 Å². The van der Waals surface area contributed by atoms with Crippen molar-refractivity contribution in [1.29, 1.82) is 0 Å². The molecule has 0 heterocycles. The standard InChI is InChI=1S/C21H24N2O/c1-14(20-12-15-9-10-18(20)11-15)22-23-21(24)13-17-7-4-6-16-5-2-3-8-19(16)17/h2-8,15,18,20H,9-13H2,1H3,(H,23,24)/b22-14-/t15-,18-,20-/m1/s1. The van der Waals surface area contributed by atoms with Gasteiger partial charge in [-0.2, -0.15) is 5.10 Å². The topological polar surface area (TPSA) is 41.5 Å². The second-order valence-electron chi connectivity index (χ2n) is 7.38. The zero-order chi connectivity index (χ0) is 16.5. The minimum Gasteiger partial charge on any atom is -0.273 e. The molecule has 2 fully saturated rings. The Labute approximate surface area is 143 Å². The molecule has 2 bridgehead atoms. The van der Waals surface area contributed by atoms with Crippen LogP contribution in [0, 0.1) is 17.8 Å². The highest BCUT2D eigenvalue weighted by Crippen LogP contribution is 2.48. The predicted octanol–water partition coefficient (Wildman–Crippen LogP) is 4.31. The minimum absolute atomic E-state index is 0.0335. The van der Waals surface area contributed by atoms with Gasteiger partial charge in [0.2, 0.25) is 5.91 Å². The van der Waals surface area contributed by atoms with Crippen molar-refractivity contribution in [2.24, 2.45) is 22.9 Å². The van der Waals surface area contributed by atoms with Crippen LogP contribution in [0.5, 0.6) is 0 Å². The van der Waals surface area contributed by atoms with Crippen molar-refractivity contribution in [2.45, 2.75) is 39.0 Å². The Kier molecular flexibility index (Phi) is 4.09. The summed E-state index contributed by atoms with van der Waals surface area (Å²) in [6.45, 7) is 2.07. The number of carbonyl (C=O) groups excluding carboxylic acids is 1. The van der Waals surface area contributed by atoms with Crippen molar-refractivity contribution in [2.75, 3.05) is 0 Å². The van der Waals surface area contributed by atoms with Gasteiger partial charge in [-0.15, -0.1) is 0 Å². The van der Waals surface area contributed by atoms with E-state index in [1.807, 2.05) is 24.3 Å². The molecular formula is C21H24N2O. The summed E-state index contributed by atoms with van der Waals surface area (Å²) in [5, 5.41) is 6.73. The molecule has 2 aromatic rings. The van der Waals surface area contributed by atoms with E-state index in [4.69, 9.17) is 0 Å². The van der Waals surface area contributed by atoms with Crippen molar-refractivity contribution >= 4 is 22.4 Å². The highest BCUT2D eigenvalue weighted by atomic mass is 16.2. The first-order valence-electron chi connectivity index (χ1n) is 9.00. The smallest absolute Gasteiger partial charge is 0.244 e. The highest BCUT2D eigenvalue weighted by molar-refractivity contribution is 5.91. The van der Waals surface area contributed by atoms with Gasteiger partial charge in [0.25, 0.3) is 0 Å². The number of benzene rings is 2. The monoisotopic (exact) mass is 320 g/mol. The van der Waals surface area contributed by atoms with E-state index < -0.39 is 0 Å². The second-order valence-corrected chi connectivity index (χ2v) is 7.38. The minimum atomic E-state index is -0.0335. The van der Waals surface area contributed by atoms with Gasteiger partial charge in [-0.3, -0.25) is 4.79 Å². The summed E-state index contributed by atoms with van der Waals surface area (Å²) in [4.78, 5) is 12.3. The van der Waals surface area contributed by atoms with Crippen LogP contribution in [0.2, 0.25) is 0 Å². The first kappa shape index (κ1) is 15.4. The maximum Gasteiger partial charge on any atom is 0.244 e. The fourth-order valence-corrected chi connectivity index (χ4v) is 4.65. The molecule has 2 aromatic carbocycles. The largest absolute Gasteiger partial charge is 0.273 e. The molecule has 0 saturated heterocycles. The van der Waals surface area contributed by atoms with Crippen LogP contribution in [0.25, 0.3) is 10.8 Å². The van der Waals surface area contributed by atoms with E-state index in [9.17, 15) is 4.79 Å². The Hall–Kier alpha value is -2.16. The van der Waals surface area contributed by atoms with Crippen molar-refractivity contribution in [1.82, 2.24) is 5.43 Å². The van der Waals surface area contributed by atoms with Gasteiger partial charge in [-0.1, -0.05) is 48.9 Å². The van der Waals surface area contributed by atoms with Crippen LogP contribution < -0.4 is 5.43 Å². The van der Waals surface area contributed by atoms with Crippen molar-refractivity contribution < 1.29 is 4.79 Å². The van der Waals surface area contributed by atoms with Crippen molar-refractivity contribution in [3.63, 3.8) is 0 Å². The zero-order valence-electron chi connectivity index (χ0n) is 14.2. The van der Waals surface area contributed by atoms with Gasteiger partial charge in [0.05, 0.1) is 6.42 Å². The highest BCUT2D eigenvalue weighted by Gasteiger charge is 2.40. The molecule has 4 rings (SSSR count). The molecule has 2 saturated carbocycles. The van der Waals surface area contributed by atoms with E-state index in [0.717, 1.165) is 28.5 Å². The fourth-order valence-electron chi connectivity index (χ4n) is 4.65. The first-order valence-corrected chi connectivity index (χ1v) is 9.00. The molecule has 2 aliphatic rings. The van der Waals surface area contributed by atoms with E-state index in [1.54, 1.807) is 0 Å². The van der Waals surface area contributed by atoms with Gasteiger partial charge in [0.1, 0.15) is 0 Å². The van der Waals surface area contributed by atoms with Crippen molar-refractivity contribution in [3.05, 3.63) is 48.0 Å². The average molecular weight is 320 g/mol. The Morgan fingerprint density at radius 1 is 1.12 bits per heavy atom. The molecule has 2 aliphatic carbocycles. The maximum atomic E-state index is 12.3. The fraction of sp³-hybridized carbons (Fsp3) is 0.429. The molecule has 24 heavy (non-hydrogen) atoms. The molecule has 1 amide bonds. The third-order valence-electron chi connectivity index (χ3n) is 5.86. The lowest BCUT2D eigenvalue weighted by Crippen LogP contribution is -2.25. The van der Waals surface area contributed by atoms with E-state index in [-0.39, 0.29) is 5.91 Å². The summed E-state index contributed by atoms with van der Waals surface area (Å²) in [6.07, 6.45) is 5.73. The van der Waals surface area contributed by atoms with Gasteiger partial charge in [-0.25, -0.2) is 5.43 Å². The van der Waals surface area contributed by atoms with Gasteiger partial charge in [0, 0.05) is 11.6 Å². The summed E-state index contributed by atoms with van der Waals surface area (Å²) in [6, 6.07) is 14.3. The molecule has 0 radical (unpaired) electrons. The SMILES string of the molecule is C/C(=N/NC(=O)Cc1cccc2ccccc12)[C@H]1C[C@@H]2CC[C@@H]1C2. The lowest BCUT2D eigenvalue weighted by atomic mass is 9.86. The summed E-state index contributed by atoms with van der Waals surface area (Å²) in [5.74, 6) is 2.25. The summed E-state index contributed by atoms with van der Waals surface area (Å²) in [7, 11) is 0. The molecule has 0 spiro atoms. The van der Waals surface area contributed by atoms with Crippen LogP contribution in [0.1, 0.15) is 38.2 Å².